The van der Waals surface area contributed by atoms with Gasteiger partial charge in [-0.3, -0.25) is 24.0 Å². The molecule has 2 rings (SSSR count). The summed E-state index contributed by atoms with van der Waals surface area (Å²) in [6.07, 6.45) is -1.06. The van der Waals surface area contributed by atoms with Crippen LogP contribution in [0.4, 0.5) is 4.79 Å². The van der Waals surface area contributed by atoms with E-state index in [1.165, 1.54) is 7.11 Å². The zero-order chi connectivity index (χ0) is 32.1. The molecule has 1 heterocycles. The molecule has 0 aromatic heterocycles. The van der Waals surface area contributed by atoms with Crippen LogP contribution in [0.3, 0.4) is 0 Å². The predicted molar refractivity (Wildman–Crippen MR) is 157 cm³/mol. The summed E-state index contributed by atoms with van der Waals surface area (Å²) in [5.74, 6) is -4.05. The van der Waals surface area contributed by atoms with E-state index in [1.54, 1.807) is 45.0 Å². The molecule has 13 nitrogen and oxygen atoms in total. The number of hydrogen-bond acceptors (Lipinski definition) is 8. The average molecular weight is 604 g/mol. The molecular weight excluding hydrogens is 558 g/mol. The van der Waals surface area contributed by atoms with Crippen LogP contribution in [0.1, 0.15) is 59.4 Å². The molecule has 0 spiro atoms. The molecule has 0 bridgehead atoms. The fraction of sp³-hybridized carbons (Fsp3) is 0.600. The Hall–Kier alpha value is -4.00. The van der Waals surface area contributed by atoms with Crippen LogP contribution in [0.5, 0.6) is 0 Å². The first kappa shape index (κ1) is 35.2. The third-order valence-electron chi connectivity index (χ3n) is 6.91. The van der Waals surface area contributed by atoms with Gasteiger partial charge in [0.25, 0.3) is 5.91 Å². The van der Waals surface area contributed by atoms with Gasteiger partial charge in [0.05, 0.1) is 12.1 Å². The van der Waals surface area contributed by atoms with Crippen molar-refractivity contribution in [3.63, 3.8) is 0 Å². The number of nitrogens with one attached hydrogen (secondary N) is 5. The van der Waals surface area contributed by atoms with E-state index in [2.05, 4.69) is 26.6 Å². The van der Waals surface area contributed by atoms with Crippen LogP contribution >= 0.6 is 0 Å². The molecule has 0 aliphatic carbocycles. The van der Waals surface area contributed by atoms with Crippen LogP contribution in [-0.4, -0.2) is 79.4 Å². The quantitative estimate of drug-likeness (QED) is 0.173. The van der Waals surface area contributed by atoms with Gasteiger partial charge in [0, 0.05) is 25.6 Å². The number of amides is 5. The fourth-order valence-corrected chi connectivity index (χ4v) is 4.54. The maximum Gasteiger partial charge on any atom is 0.408 e. The van der Waals surface area contributed by atoms with Gasteiger partial charge in [0.1, 0.15) is 18.7 Å². The molecular formula is C30H45N5O8. The molecule has 5 atom stereocenters. The van der Waals surface area contributed by atoms with Crippen molar-refractivity contribution in [1.29, 1.82) is 0 Å². The number of carbonyl (C=O) groups excluding carboxylic acids is 6. The third-order valence-corrected chi connectivity index (χ3v) is 6.91. The maximum absolute atomic E-state index is 13.5. The summed E-state index contributed by atoms with van der Waals surface area (Å²) in [4.78, 5) is 77.3. The zero-order valence-corrected chi connectivity index (χ0v) is 25.7. The van der Waals surface area contributed by atoms with Crippen molar-refractivity contribution in [1.82, 2.24) is 26.6 Å². The van der Waals surface area contributed by atoms with Crippen LogP contribution in [-0.2, 0) is 40.1 Å². The zero-order valence-electron chi connectivity index (χ0n) is 25.7. The topological polar surface area (TPSA) is 181 Å². The Bertz CT molecular complexity index is 1130. The number of carbonyl (C=O) groups is 6. The van der Waals surface area contributed by atoms with Gasteiger partial charge in [-0.05, 0) is 51.5 Å². The molecule has 1 aliphatic rings. The molecule has 0 unspecified atom stereocenters. The highest BCUT2D eigenvalue weighted by Crippen LogP contribution is 2.17. The van der Waals surface area contributed by atoms with Crippen LogP contribution in [0, 0.1) is 11.8 Å². The van der Waals surface area contributed by atoms with Crippen LogP contribution in [0.15, 0.2) is 30.3 Å². The molecule has 238 valence electrons. The van der Waals surface area contributed by atoms with E-state index in [4.69, 9.17) is 9.47 Å². The van der Waals surface area contributed by atoms with E-state index in [1.807, 2.05) is 19.9 Å². The van der Waals surface area contributed by atoms with E-state index >= 15 is 0 Å². The summed E-state index contributed by atoms with van der Waals surface area (Å²) >= 11 is 0. The second-order valence-electron chi connectivity index (χ2n) is 11.4. The van der Waals surface area contributed by atoms with E-state index in [0.29, 0.717) is 13.0 Å². The van der Waals surface area contributed by atoms with Gasteiger partial charge >= 0.3 is 6.09 Å². The van der Waals surface area contributed by atoms with E-state index < -0.39 is 59.7 Å². The lowest BCUT2D eigenvalue weighted by molar-refractivity contribution is -0.141. The molecule has 43 heavy (non-hydrogen) atoms. The maximum atomic E-state index is 13.5. The monoisotopic (exact) mass is 603 g/mol. The molecule has 5 N–H and O–H groups in total. The van der Waals surface area contributed by atoms with Gasteiger partial charge in [-0.2, -0.15) is 0 Å². The van der Waals surface area contributed by atoms with Crippen molar-refractivity contribution in [2.75, 3.05) is 13.7 Å². The standard InChI is InChI=1S/C30H45N5O8/c1-17(2)14-23(27(38)33-22(15-21-12-13-31-26(21)37)25(36)29(40)32-18(3)4)34-28(39)24(19(5)42-6)35-30(41)43-16-20-10-8-7-9-11-20/h7-11,17-19,21-24H,12-16H2,1-6H3,(H,31,37)(H,32,40)(H,33,38)(H,34,39)(H,35,41)/t19-,21-,22-,23-,24-/m0/s1. The minimum Gasteiger partial charge on any atom is -0.445 e. The van der Waals surface area contributed by atoms with Crippen molar-refractivity contribution in [3.8, 4) is 0 Å². The molecule has 1 aliphatic heterocycles. The Balaban J connectivity index is 2.18. The molecule has 5 amide bonds. The first-order valence-corrected chi connectivity index (χ1v) is 14.6. The number of ether oxygens (including phenoxy) is 2. The van der Waals surface area contributed by atoms with Gasteiger partial charge in [-0.1, -0.05) is 44.2 Å². The van der Waals surface area contributed by atoms with Crippen molar-refractivity contribution in [2.45, 2.75) is 90.8 Å². The first-order chi connectivity index (χ1) is 20.3. The van der Waals surface area contributed by atoms with E-state index in [0.717, 1.165) is 5.56 Å². The number of rotatable bonds is 16. The number of benzene rings is 1. The van der Waals surface area contributed by atoms with Crippen molar-refractivity contribution in [3.05, 3.63) is 35.9 Å². The second kappa shape index (κ2) is 17.2. The van der Waals surface area contributed by atoms with Crippen LogP contribution in [0.25, 0.3) is 0 Å². The molecule has 0 saturated carbocycles. The number of ketones is 1. The number of methoxy groups -OCH3 is 1. The van der Waals surface area contributed by atoms with Crippen molar-refractivity contribution < 1.29 is 38.2 Å². The highest BCUT2D eigenvalue weighted by atomic mass is 16.5. The lowest BCUT2D eigenvalue weighted by Gasteiger charge is -2.28. The number of alkyl carbamates (subject to hydrolysis) is 1. The fourth-order valence-electron chi connectivity index (χ4n) is 4.54. The molecule has 1 fully saturated rings. The normalized spacial score (nSPS) is 17.3. The summed E-state index contributed by atoms with van der Waals surface area (Å²) in [7, 11) is 1.37. The lowest BCUT2D eigenvalue weighted by Crippen LogP contribution is -2.59. The van der Waals surface area contributed by atoms with Crippen molar-refractivity contribution >= 4 is 35.5 Å². The summed E-state index contributed by atoms with van der Waals surface area (Å²) in [5.41, 5.74) is 0.758. The largest absolute Gasteiger partial charge is 0.445 e. The van der Waals surface area contributed by atoms with Gasteiger partial charge < -0.3 is 36.1 Å². The average Bonchev–Trinajstić information content (AvgIpc) is 3.36. The predicted octanol–water partition coefficient (Wildman–Crippen LogP) is 0.952. The first-order valence-electron chi connectivity index (χ1n) is 14.6. The molecule has 0 radical (unpaired) electrons. The van der Waals surface area contributed by atoms with E-state index in [9.17, 15) is 28.8 Å². The second-order valence-corrected chi connectivity index (χ2v) is 11.4. The molecule has 1 aromatic carbocycles. The highest BCUT2D eigenvalue weighted by molar-refractivity contribution is 6.38. The molecule has 1 saturated heterocycles. The summed E-state index contributed by atoms with van der Waals surface area (Å²) < 4.78 is 10.5. The van der Waals surface area contributed by atoms with Gasteiger partial charge in [-0.15, -0.1) is 0 Å². The lowest BCUT2D eigenvalue weighted by atomic mass is 9.94. The summed E-state index contributed by atoms with van der Waals surface area (Å²) in [6.45, 7) is 9.08. The highest BCUT2D eigenvalue weighted by Gasteiger charge is 2.37. The molecule has 1 aromatic rings. The Morgan fingerprint density at radius 2 is 1.56 bits per heavy atom. The van der Waals surface area contributed by atoms with Crippen molar-refractivity contribution in [2.24, 2.45) is 11.8 Å². The van der Waals surface area contributed by atoms with E-state index in [-0.39, 0.29) is 37.3 Å². The Morgan fingerprint density at radius 1 is 0.907 bits per heavy atom. The third kappa shape index (κ3) is 11.7. The Labute approximate surface area is 252 Å². The minimum absolute atomic E-state index is 0.0143. The summed E-state index contributed by atoms with van der Waals surface area (Å²) in [5, 5.41) is 13.0. The van der Waals surface area contributed by atoms with Gasteiger partial charge in [0.15, 0.2) is 0 Å². The SMILES string of the molecule is CO[C@@H](C)[C@H](NC(=O)OCc1ccccc1)C(=O)N[C@@H](CC(C)C)C(=O)N[C@@H](C[C@@H]1CCNC1=O)C(=O)C(=O)NC(C)C. The smallest absolute Gasteiger partial charge is 0.408 e. The van der Waals surface area contributed by atoms with Gasteiger partial charge in [0.2, 0.25) is 23.5 Å². The summed E-state index contributed by atoms with van der Waals surface area (Å²) in [6, 6.07) is 5.07. The molecule has 13 heteroatoms. The Kier molecular flexibility index (Phi) is 14.1. The Morgan fingerprint density at radius 3 is 2.12 bits per heavy atom. The number of hydrogen-bond donors (Lipinski definition) is 5. The van der Waals surface area contributed by atoms with Gasteiger partial charge in [-0.25, -0.2) is 4.79 Å². The van der Waals surface area contributed by atoms with Crippen LogP contribution in [0.2, 0.25) is 0 Å². The number of Topliss-reactive ketones (excluding diaryl/α,β-unsaturated/α-hetero) is 1. The minimum atomic E-state index is -1.29. The van der Waals surface area contributed by atoms with Crippen LogP contribution < -0.4 is 26.6 Å².